The number of nitrogens with zero attached hydrogens (tertiary/aromatic N) is 3. The van der Waals surface area contributed by atoms with E-state index in [9.17, 15) is 9.59 Å². The molecule has 1 amide bonds. The molecule has 37 heavy (non-hydrogen) atoms. The number of carbonyl (C=O) groups is 1. The number of nitrogens with one attached hydrogen (secondary N) is 1. The number of aromatic nitrogens is 2. The number of benzene rings is 2. The number of amides is 1. The standard InChI is InChI=1S/C30H36N4O3/c35-29-31-27-14-7-8-15-28(27)34(29)26-16-19-33(20-17-26)30(36)37-21-9-18-32(22-24-10-3-1-4-11-24)23-25-12-5-2-6-13-25/h1-8,10-12,14-15,25-26H,9,13,16-23H2,(H,31,35). The van der Waals surface area contributed by atoms with Gasteiger partial charge in [-0.3, -0.25) is 9.47 Å². The number of allylic oxidation sites excluding steroid dienone is 3. The second-order valence-corrected chi connectivity index (χ2v) is 10.0. The summed E-state index contributed by atoms with van der Waals surface area (Å²) in [6.07, 6.45) is 11.9. The minimum absolute atomic E-state index is 0.0815. The van der Waals surface area contributed by atoms with Gasteiger partial charge in [-0.25, -0.2) is 9.59 Å². The van der Waals surface area contributed by atoms with Gasteiger partial charge in [0.25, 0.3) is 0 Å². The van der Waals surface area contributed by atoms with Gasteiger partial charge in [0, 0.05) is 38.8 Å². The van der Waals surface area contributed by atoms with E-state index in [4.69, 9.17) is 4.74 Å². The summed E-state index contributed by atoms with van der Waals surface area (Å²) in [5, 5.41) is 0. The molecule has 3 aromatic rings. The lowest BCUT2D eigenvalue weighted by atomic mass is 10.00. The maximum Gasteiger partial charge on any atom is 0.409 e. The molecule has 0 bridgehead atoms. The van der Waals surface area contributed by atoms with Gasteiger partial charge in [-0.2, -0.15) is 0 Å². The zero-order valence-corrected chi connectivity index (χ0v) is 21.3. The lowest BCUT2D eigenvalue weighted by molar-refractivity contribution is 0.0839. The maximum absolute atomic E-state index is 12.7. The van der Waals surface area contributed by atoms with Crippen LogP contribution in [0.3, 0.4) is 0 Å². The number of aromatic amines is 1. The van der Waals surface area contributed by atoms with Crippen LogP contribution in [0.1, 0.15) is 37.3 Å². The number of imidazole rings is 1. The van der Waals surface area contributed by atoms with Crippen LogP contribution in [0.25, 0.3) is 11.0 Å². The molecule has 194 valence electrons. The van der Waals surface area contributed by atoms with Gasteiger partial charge in [-0.05, 0) is 49.3 Å². The van der Waals surface area contributed by atoms with Crippen LogP contribution in [0, 0.1) is 5.92 Å². The van der Waals surface area contributed by atoms with Gasteiger partial charge in [-0.15, -0.1) is 0 Å². The fourth-order valence-corrected chi connectivity index (χ4v) is 5.46. The molecule has 7 heteroatoms. The lowest BCUT2D eigenvalue weighted by Gasteiger charge is -2.32. The molecule has 1 aliphatic heterocycles. The number of fused-ring (bicyclic) bond motifs is 1. The van der Waals surface area contributed by atoms with Crippen LogP contribution >= 0.6 is 0 Å². The monoisotopic (exact) mass is 500 g/mol. The molecule has 0 saturated carbocycles. The van der Waals surface area contributed by atoms with Crippen LogP contribution in [0.2, 0.25) is 0 Å². The average Bonchev–Trinajstić information content (AvgIpc) is 3.27. The van der Waals surface area contributed by atoms with Crippen molar-refractivity contribution in [3.63, 3.8) is 0 Å². The van der Waals surface area contributed by atoms with E-state index in [1.54, 1.807) is 4.90 Å². The molecule has 1 fully saturated rings. The number of ether oxygens (including phenoxy) is 1. The fraction of sp³-hybridized carbons (Fsp3) is 0.400. The first-order valence-electron chi connectivity index (χ1n) is 13.4. The molecule has 0 radical (unpaired) electrons. The predicted molar refractivity (Wildman–Crippen MR) is 146 cm³/mol. The van der Waals surface area contributed by atoms with Crippen molar-refractivity contribution >= 4 is 17.1 Å². The Hall–Kier alpha value is -3.58. The highest BCUT2D eigenvalue weighted by molar-refractivity contribution is 5.75. The summed E-state index contributed by atoms with van der Waals surface area (Å²) in [6, 6.07) is 18.4. The van der Waals surface area contributed by atoms with Crippen LogP contribution in [0.4, 0.5) is 4.79 Å². The van der Waals surface area contributed by atoms with Gasteiger partial charge in [0.1, 0.15) is 0 Å². The molecule has 2 aromatic carbocycles. The summed E-state index contributed by atoms with van der Waals surface area (Å²) in [5.74, 6) is 0.516. The number of piperidine rings is 1. The van der Waals surface area contributed by atoms with Crippen molar-refractivity contribution < 1.29 is 9.53 Å². The zero-order valence-electron chi connectivity index (χ0n) is 21.3. The Balaban J connectivity index is 1.08. The largest absolute Gasteiger partial charge is 0.449 e. The molecule has 5 rings (SSSR count). The average molecular weight is 501 g/mol. The van der Waals surface area contributed by atoms with Crippen LogP contribution in [0.5, 0.6) is 0 Å². The Kier molecular flexibility index (Phi) is 8.21. The second-order valence-electron chi connectivity index (χ2n) is 10.0. The summed E-state index contributed by atoms with van der Waals surface area (Å²) in [4.78, 5) is 32.4. The lowest BCUT2D eigenvalue weighted by Crippen LogP contribution is -2.41. The van der Waals surface area contributed by atoms with Crippen LogP contribution < -0.4 is 5.69 Å². The molecule has 0 spiro atoms. The fourth-order valence-electron chi connectivity index (χ4n) is 5.46. The van der Waals surface area contributed by atoms with E-state index in [2.05, 4.69) is 58.5 Å². The van der Waals surface area contributed by atoms with Crippen molar-refractivity contribution in [2.24, 2.45) is 5.92 Å². The first-order chi connectivity index (χ1) is 18.2. The van der Waals surface area contributed by atoms with Crippen molar-refractivity contribution in [3.05, 3.63) is 94.9 Å². The Labute approximate surface area is 218 Å². The number of rotatable bonds is 9. The Bertz CT molecular complexity index is 1280. The van der Waals surface area contributed by atoms with Gasteiger partial charge >= 0.3 is 11.8 Å². The van der Waals surface area contributed by atoms with E-state index >= 15 is 0 Å². The van der Waals surface area contributed by atoms with Gasteiger partial charge in [0.15, 0.2) is 0 Å². The number of para-hydroxylation sites is 2. The predicted octanol–water partition coefficient (Wildman–Crippen LogP) is 5.13. The number of hydrogen-bond donors (Lipinski definition) is 1. The molecule has 1 aliphatic carbocycles. The third-order valence-electron chi connectivity index (χ3n) is 7.37. The normalized spacial score (nSPS) is 18.1. The van der Waals surface area contributed by atoms with Crippen LogP contribution in [-0.4, -0.2) is 58.2 Å². The number of H-pyrrole nitrogens is 1. The highest BCUT2D eigenvalue weighted by Crippen LogP contribution is 2.25. The molecule has 1 unspecified atom stereocenters. The molecule has 2 aliphatic rings. The molecule has 1 saturated heterocycles. The molecular weight excluding hydrogens is 464 g/mol. The molecule has 1 atom stereocenters. The van der Waals surface area contributed by atoms with E-state index in [1.165, 1.54) is 5.56 Å². The molecular formula is C30H36N4O3. The van der Waals surface area contributed by atoms with E-state index < -0.39 is 0 Å². The van der Waals surface area contributed by atoms with Crippen molar-refractivity contribution in [2.45, 2.75) is 38.3 Å². The highest BCUT2D eigenvalue weighted by atomic mass is 16.6. The molecule has 1 N–H and O–H groups in total. The maximum atomic E-state index is 12.7. The third kappa shape index (κ3) is 6.41. The second kappa shape index (κ2) is 12.1. The minimum Gasteiger partial charge on any atom is -0.449 e. The topological polar surface area (TPSA) is 70.6 Å². The summed E-state index contributed by atoms with van der Waals surface area (Å²) >= 11 is 0. The first kappa shape index (κ1) is 25.1. The highest BCUT2D eigenvalue weighted by Gasteiger charge is 2.26. The molecule has 7 nitrogen and oxygen atoms in total. The zero-order chi connectivity index (χ0) is 25.5. The number of hydrogen-bond acceptors (Lipinski definition) is 4. The number of carbonyl (C=O) groups excluding carboxylic acids is 1. The number of likely N-dealkylation sites (tertiary alicyclic amines) is 1. The Morgan fingerprint density at radius 1 is 1.03 bits per heavy atom. The summed E-state index contributed by atoms with van der Waals surface area (Å²) in [5.41, 5.74) is 2.99. The summed E-state index contributed by atoms with van der Waals surface area (Å²) in [6.45, 7) is 4.36. The third-order valence-corrected chi connectivity index (χ3v) is 7.37. The molecule has 2 heterocycles. The van der Waals surface area contributed by atoms with Gasteiger partial charge in [0.2, 0.25) is 0 Å². The van der Waals surface area contributed by atoms with Crippen molar-refractivity contribution in [2.75, 3.05) is 32.8 Å². The first-order valence-corrected chi connectivity index (χ1v) is 13.4. The smallest absolute Gasteiger partial charge is 0.409 e. The van der Waals surface area contributed by atoms with E-state index in [-0.39, 0.29) is 17.8 Å². The molecule has 1 aromatic heterocycles. The van der Waals surface area contributed by atoms with E-state index in [0.29, 0.717) is 25.6 Å². The Morgan fingerprint density at radius 3 is 2.59 bits per heavy atom. The Morgan fingerprint density at radius 2 is 1.81 bits per heavy atom. The summed E-state index contributed by atoms with van der Waals surface area (Å²) in [7, 11) is 0. The van der Waals surface area contributed by atoms with Gasteiger partial charge < -0.3 is 14.6 Å². The van der Waals surface area contributed by atoms with Crippen molar-refractivity contribution in [1.82, 2.24) is 19.4 Å². The van der Waals surface area contributed by atoms with E-state index in [0.717, 1.165) is 56.4 Å². The van der Waals surface area contributed by atoms with Crippen LogP contribution in [-0.2, 0) is 11.3 Å². The SMILES string of the molecule is O=C(OCCCN(Cc1ccccc1)CC1C=CC=CC1)N1CCC(n2c(=O)[nH]c3ccccc32)CC1. The van der Waals surface area contributed by atoms with Gasteiger partial charge in [0.05, 0.1) is 17.6 Å². The van der Waals surface area contributed by atoms with Crippen LogP contribution in [0.15, 0.2) is 83.7 Å². The van der Waals surface area contributed by atoms with Crippen molar-refractivity contribution in [1.29, 1.82) is 0 Å². The van der Waals surface area contributed by atoms with Crippen molar-refractivity contribution in [3.8, 4) is 0 Å². The van der Waals surface area contributed by atoms with Gasteiger partial charge in [-0.1, -0.05) is 66.8 Å². The summed E-state index contributed by atoms with van der Waals surface area (Å²) < 4.78 is 7.50. The van der Waals surface area contributed by atoms with E-state index in [1.807, 2.05) is 34.9 Å². The quantitative estimate of drug-likeness (QED) is 0.414. The minimum atomic E-state index is -0.250.